The summed E-state index contributed by atoms with van der Waals surface area (Å²) in [7, 11) is -2.95. The van der Waals surface area contributed by atoms with Crippen LogP contribution in [0.3, 0.4) is 0 Å². The summed E-state index contributed by atoms with van der Waals surface area (Å²) >= 11 is 4.01. The Morgan fingerprint density at radius 1 is 0.864 bits per heavy atom. The van der Waals surface area contributed by atoms with E-state index < -0.39 is 76.7 Å². The number of aromatic nitrogens is 7. The molecular weight excluding hydrogens is 649 g/mol. The maximum Gasteiger partial charge on any atom is 0.386 e. The molecule has 44 heavy (non-hydrogen) atoms. The number of nitrogens with two attached hydrogens (primary N) is 2. The van der Waals surface area contributed by atoms with Crippen LogP contribution >= 0.6 is 26.5 Å². The summed E-state index contributed by atoms with van der Waals surface area (Å²) < 4.78 is 95.2. The molecule has 4 aromatic heterocycles. The van der Waals surface area contributed by atoms with Crippen LogP contribution in [0.5, 0.6) is 0 Å². The van der Waals surface area contributed by atoms with Crippen molar-refractivity contribution >= 4 is 67.9 Å². The Morgan fingerprint density at radius 3 is 2.14 bits per heavy atom. The van der Waals surface area contributed by atoms with Crippen molar-refractivity contribution in [3.8, 4) is 0 Å². The van der Waals surface area contributed by atoms with Crippen LogP contribution in [0.25, 0.3) is 22.3 Å². The predicted octanol–water partition coefficient (Wildman–Crippen LogP) is 1.50. The SMILES string of the molecule is B[P@@]1(=O)OC[C@H]2O[C@@H](n3cnc4c(N)ncnc43)[C@H](F)[C@@H]2O[P@@](=O)(S)OC[C@H]2O[C@@H](n3cnc4c(N)ccnc43)[C@H](F)[C@@H]2O1. The Labute approximate surface area is 252 Å². The Hall–Kier alpha value is -2.74. The smallest absolute Gasteiger partial charge is 0.386 e. The molecule has 0 bridgehead atoms. The van der Waals surface area contributed by atoms with E-state index in [0.29, 0.717) is 11.2 Å². The van der Waals surface area contributed by atoms with E-state index in [1.807, 2.05) is 0 Å². The molecule has 7 rings (SSSR count). The van der Waals surface area contributed by atoms with Gasteiger partial charge in [-0.15, -0.1) is 0 Å². The predicted molar refractivity (Wildman–Crippen MR) is 154 cm³/mol. The van der Waals surface area contributed by atoms with E-state index in [1.165, 1.54) is 40.4 Å². The first-order valence-electron chi connectivity index (χ1n) is 13.1. The zero-order chi connectivity index (χ0) is 31.0. The van der Waals surface area contributed by atoms with Crippen molar-refractivity contribution < 1.29 is 45.5 Å². The lowest BCUT2D eigenvalue weighted by atomic mass is 10.1. The van der Waals surface area contributed by atoms with Gasteiger partial charge in [0.05, 0.1) is 31.6 Å². The van der Waals surface area contributed by atoms with E-state index in [4.69, 9.17) is 39.0 Å². The second-order valence-corrected chi connectivity index (χ2v) is 15.2. The number of hydrogen-bond donors (Lipinski definition) is 3. The molecule has 0 aliphatic carbocycles. The highest BCUT2D eigenvalue weighted by Gasteiger charge is 2.54. The minimum absolute atomic E-state index is 0.0633. The number of nitrogens with zero attached hydrogens (tertiary/aromatic N) is 7. The molecule has 4 aromatic rings. The molecule has 10 atom stereocenters. The summed E-state index contributed by atoms with van der Waals surface area (Å²) in [6.45, 7) is -5.53. The number of nitrogen functional groups attached to an aromatic ring is 2. The van der Waals surface area contributed by atoms with Gasteiger partial charge in [0.1, 0.15) is 41.8 Å². The molecule has 0 radical (unpaired) electrons. The van der Waals surface area contributed by atoms with E-state index >= 15 is 8.78 Å². The summed E-state index contributed by atoms with van der Waals surface area (Å²) in [5.74, 6) is 0.0633. The highest BCUT2D eigenvalue weighted by Crippen LogP contribution is 2.58. The molecule has 17 nitrogen and oxygen atoms in total. The lowest BCUT2D eigenvalue weighted by molar-refractivity contribution is -0.0546. The third-order valence-electron chi connectivity index (χ3n) is 7.40. The fraction of sp³-hybridized carbons (Fsp3) is 0.476. The Kier molecular flexibility index (Phi) is 7.46. The first-order valence-corrected chi connectivity index (χ1v) is 17.8. The van der Waals surface area contributed by atoms with Crippen LogP contribution in [0, 0.1) is 0 Å². The van der Waals surface area contributed by atoms with Crippen molar-refractivity contribution in [2.75, 3.05) is 24.7 Å². The normalized spacial score (nSPS) is 38.2. The lowest BCUT2D eigenvalue weighted by Crippen LogP contribution is -2.37. The van der Waals surface area contributed by atoms with Gasteiger partial charge in [-0.1, -0.05) is 12.2 Å². The van der Waals surface area contributed by atoms with Gasteiger partial charge in [-0.2, -0.15) is 0 Å². The third-order valence-corrected chi connectivity index (χ3v) is 10.3. The van der Waals surface area contributed by atoms with Gasteiger partial charge in [-0.25, -0.2) is 38.3 Å². The molecule has 4 N–H and O–H groups in total. The number of anilines is 2. The van der Waals surface area contributed by atoms with Crippen LogP contribution in [-0.4, -0.2) is 91.6 Å². The zero-order valence-electron chi connectivity index (χ0n) is 22.6. The number of ether oxygens (including phenoxy) is 2. The van der Waals surface area contributed by atoms with Gasteiger partial charge in [0, 0.05) is 6.20 Å². The molecule has 3 saturated heterocycles. The molecule has 0 spiro atoms. The molecule has 3 fully saturated rings. The van der Waals surface area contributed by atoms with E-state index in [-0.39, 0.29) is 22.6 Å². The number of rotatable bonds is 2. The van der Waals surface area contributed by atoms with Crippen LogP contribution in [0.15, 0.2) is 31.2 Å². The minimum Gasteiger partial charge on any atom is -0.397 e. The first kappa shape index (κ1) is 29.9. The van der Waals surface area contributed by atoms with Gasteiger partial charge in [0.25, 0.3) is 15.0 Å². The summed E-state index contributed by atoms with van der Waals surface area (Å²) in [6.07, 6.45) is -7.32. The molecular formula is C21H24BF2N9O8P2S. The fourth-order valence-corrected chi connectivity index (χ4v) is 8.02. The number of alkyl halides is 2. The van der Waals surface area contributed by atoms with Crippen LogP contribution < -0.4 is 11.5 Å². The summed E-state index contributed by atoms with van der Waals surface area (Å²) in [5, 5.41) is 0. The van der Waals surface area contributed by atoms with Crippen molar-refractivity contribution in [3.63, 3.8) is 0 Å². The maximum absolute atomic E-state index is 16.0. The fourth-order valence-electron chi connectivity index (χ4n) is 5.36. The van der Waals surface area contributed by atoms with Gasteiger partial charge in [0.15, 0.2) is 41.9 Å². The van der Waals surface area contributed by atoms with Crippen LogP contribution in [-0.2, 0) is 36.7 Å². The Bertz CT molecular complexity index is 1710. The molecule has 3 aliphatic heterocycles. The quantitative estimate of drug-likeness (QED) is 0.156. The average molecular weight is 673 g/mol. The minimum atomic E-state index is -4.36. The molecule has 0 unspecified atom stereocenters. The van der Waals surface area contributed by atoms with Crippen molar-refractivity contribution in [1.29, 1.82) is 0 Å². The lowest BCUT2D eigenvalue weighted by Gasteiger charge is -2.29. The maximum atomic E-state index is 16.0. The monoisotopic (exact) mass is 673 g/mol. The van der Waals surface area contributed by atoms with E-state index in [1.54, 1.807) is 0 Å². The summed E-state index contributed by atoms with van der Waals surface area (Å²) in [4.78, 5) is 20.4. The molecule has 23 heteroatoms. The van der Waals surface area contributed by atoms with Crippen molar-refractivity contribution in [3.05, 3.63) is 31.2 Å². The van der Waals surface area contributed by atoms with Crippen molar-refractivity contribution in [1.82, 2.24) is 34.1 Å². The first-order chi connectivity index (χ1) is 20.9. The summed E-state index contributed by atoms with van der Waals surface area (Å²) in [5.41, 5.74) is 13.0. The Balaban J connectivity index is 1.17. The van der Waals surface area contributed by atoms with Gasteiger partial charge >= 0.3 is 6.80 Å². The standard InChI is InChI=1S/C21H24BF2N9O8P2S/c22-42(34)36-3-9-16(12(24)21(38-9)33-7-31-14-17(26)28-5-29-19(14)33)41-43(35,44)37-4-10-15(40-42)11(23)20(39-10)32-6-30-13-8(25)1-2-27-18(13)32/h1-2,5-7,9-12,15-16,20-21H,3-4,22H2,(H2,25,27)(H,35,44)(H2,26,28,29)/t9-,10-,11-,12-,15-,16-,20-,21-,42-,43+/m1/s1. The van der Waals surface area contributed by atoms with Crippen LogP contribution in [0.2, 0.25) is 0 Å². The molecule has 234 valence electrons. The molecule has 0 saturated carbocycles. The van der Waals surface area contributed by atoms with E-state index in [2.05, 4.69) is 37.2 Å². The number of pyridine rings is 1. The molecule has 0 aromatic carbocycles. The van der Waals surface area contributed by atoms with E-state index in [9.17, 15) is 9.13 Å². The molecule has 7 heterocycles. The number of thiol groups is 1. The topological polar surface area (TPSA) is 216 Å². The number of halogens is 2. The van der Waals surface area contributed by atoms with Gasteiger partial charge in [-0.3, -0.25) is 22.7 Å². The van der Waals surface area contributed by atoms with Crippen molar-refractivity contribution in [2.45, 2.75) is 49.2 Å². The van der Waals surface area contributed by atoms with E-state index in [0.717, 1.165) is 7.57 Å². The Morgan fingerprint density at radius 2 is 1.45 bits per heavy atom. The molecule has 3 aliphatic rings. The number of hydrogen-bond acceptors (Lipinski definition) is 15. The highest BCUT2D eigenvalue weighted by molar-refractivity contribution is 8.44. The van der Waals surface area contributed by atoms with Crippen molar-refractivity contribution in [2.24, 2.45) is 0 Å². The second kappa shape index (κ2) is 11.0. The average Bonchev–Trinajstić information content (AvgIpc) is 3.73. The molecule has 0 amide bonds. The second-order valence-electron chi connectivity index (χ2n) is 10.3. The van der Waals surface area contributed by atoms with Gasteiger partial charge < -0.3 is 30.0 Å². The van der Waals surface area contributed by atoms with Gasteiger partial charge in [-0.05, 0) is 6.07 Å². The zero-order valence-corrected chi connectivity index (χ0v) is 25.3. The summed E-state index contributed by atoms with van der Waals surface area (Å²) in [6, 6.07) is 1.53. The number of imidazole rings is 2. The number of fused-ring (bicyclic) bond motifs is 4. The highest BCUT2D eigenvalue weighted by atomic mass is 32.7. The van der Waals surface area contributed by atoms with Crippen LogP contribution in [0.1, 0.15) is 12.5 Å². The van der Waals surface area contributed by atoms with Crippen LogP contribution in [0.4, 0.5) is 20.3 Å². The largest absolute Gasteiger partial charge is 0.397 e. The third kappa shape index (κ3) is 5.19. The van der Waals surface area contributed by atoms with Gasteiger partial charge in [0.2, 0.25) is 0 Å².